The van der Waals surface area contributed by atoms with E-state index in [4.69, 9.17) is 15.2 Å². The van der Waals surface area contributed by atoms with Crippen LogP contribution in [0.1, 0.15) is 30.0 Å². The van der Waals surface area contributed by atoms with Gasteiger partial charge in [-0.05, 0) is 49.1 Å². The van der Waals surface area contributed by atoms with Crippen LogP contribution in [-0.4, -0.2) is 13.3 Å². The first-order valence-corrected chi connectivity index (χ1v) is 7.78. The third kappa shape index (κ3) is 2.62. The van der Waals surface area contributed by atoms with Crippen molar-refractivity contribution in [3.8, 4) is 11.5 Å². The summed E-state index contributed by atoms with van der Waals surface area (Å²) in [6.45, 7) is 1.31. The minimum absolute atomic E-state index is 0.0701. The Kier molecular flexibility index (Phi) is 3.39. The monoisotopic (exact) mass is 296 g/mol. The lowest BCUT2D eigenvalue weighted by molar-refractivity contribution is 0.173. The number of hydrogen-bond acceptors (Lipinski definition) is 4. The van der Waals surface area contributed by atoms with Crippen LogP contribution in [0.3, 0.4) is 0 Å². The first-order valence-electron chi connectivity index (χ1n) is 7.78. The maximum atomic E-state index is 5.97. The van der Waals surface area contributed by atoms with E-state index in [2.05, 4.69) is 17.4 Å². The normalized spacial score (nSPS) is 17.5. The smallest absolute Gasteiger partial charge is 0.231 e. The Morgan fingerprint density at radius 1 is 1.14 bits per heavy atom. The van der Waals surface area contributed by atoms with Crippen molar-refractivity contribution >= 4 is 5.69 Å². The number of anilines is 1. The van der Waals surface area contributed by atoms with Gasteiger partial charge in [-0.3, -0.25) is 0 Å². The largest absolute Gasteiger partial charge is 0.454 e. The van der Waals surface area contributed by atoms with Crippen LogP contribution in [0.25, 0.3) is 0 Å². The summed E-state index contributed by atoms with van der Waals surface area (Å²) in [6, 6.07) is 14.2. The molecule has 0 spiro atoms. The molecule has 1 saturated carbocycles. The maximum absolute atomic E-state index is 5.97. The van der Waals surface area contributed by atoms with Crippen LogP contribution in [0.15, 0.2) is 42.5 Å². The summed E-state index contributed by atoms with van der Waals surface area (Å²) < 4.78 is 11.2. The highest BCUT2D eigenvalue weighted by Gasteiger charge is 2.27. The van der Waals surface area contributed by atoms with Crippen molar-refractivity contribution in [3.05, 3.63) is 53.6 Å². The molecule has 4 heteroatoms. The quantitative estimate of drug-likeness (QED) is 0.833. The van der Waals surface area contributed by atoms with Crippen molar-refractivity contribution < 1.29 is 9.47 Å². The highest BCUT2D eigenvalue weighted by molar-refractivity contribution is 5.53. The summed E-state index contributed by atoms with van der Waals surface area (Å²) in [7, 11) is 0. The number of nitrogen functional groups attached to an aromatic ring is 1. The van der Waals surface area contributed by atoms with Gasteiger partial charge in [-0.2, -0.15) is 0 Å². The molecule has 1 aliphatic carbocycles. The van der Waals surface area contributed by atoms with Crippen molar-refractivity contribution in [1.82, 2.24) is 5.32 Å². The number of ether oxygens (including phenoxy) is 2. The topological polar surface area (TPSA) is 56.5 Å². The molecule has 0 bridgehead atoms. The van der Waals surface area contributed by atoms with Crippen molar-refractivity contribution in [2.24, 2.45) is 5.92 Å². The van der Waals surface area contributed by atoms with E-state index < -0.39 is 0 Å². The van der Waals surface area contributed by atoms with Gasteiger partial charge in [-0.15, -0.1) is 0 Å². The van der Waals surface area contributed by atoms with Crippen LogP contribution in [0.5, 0.6) is 11.5 Å². The molecule has 1 heterocycles. The second-order valence-corrected chi connectivity index (χ2v) is 6.04. The van der Waals surface area contributed by atoms with Crippen LogP contribution >= 0.6 is 0 Å². The van der Waals surface area contributed by atoms with Crippen LogP contribution < -0.4 is 20.5 Å². The highest BCUT2D eigenvalue weighted by Crippen LogP contribution is 2.41. The third-order valence-electron chi connectivity index (χ3n) is 4.29. The molecule has 0 aromatic heterocycles. The summed E-state index contributed by atoms with van der Waals surface area (Å²) in [5, 5.41) is 3.68. The fraction of sp³-hybridized carbons (Fsp3) is 0.333. The highest BCUT2D eigenvalue weighted by atomic mass is 16.7. The van der Waals surface area contributed by atoms with Gasteiger partial charge < -0.3 is 20.5 Å². The zero-order valence-electron chi connectivity index (χ0n) is 12.4. The number of benzene rings is 2. The summed E-state index contributed by atoms with van der Waals surface area (Å²) >= 11 is 0. The van der Waals surface area contributed by atoms with Gasteiger partial charge in [-0.1, -0.05) is 24.3 Å². The first kappa shape index (κ1) is 13.5. The molecule has 22 heavy (non-hydrogen) atoms. The van der Waals surface area contributed by atoms with Gasteiger partial charge in [0.2, 0.25) is 6.79 Å². The van der Waals surface area contributed by atoms with E-state index in [-0.39, 0.29) is 6.04 Å². The standard InChI is InChI=1S/C18H20N2O2/c19-14-4-1-3-13(9-14)17(20-10-12-7-8-12)15-5-2-6-16-18(15)22-11-21-16/h1-6,9,12,17,20H,7-8,10-11,19H2. The molecule has 0 amide bonds. The summed E-state index contributed by atoms with van der Waals surface area (Å²) in [6.07, 6.45) is 2.65. The van der Waals surface area contributed by atoms with Crippen molar-refractivity contribution in [1.29, 1.82) is 0 Å². The van der Waals surface area contributed by atoms with Crippen LogP contribution in [0.4, 0.5) is 5.69 Å². The lowest BCUT2D eigenvalue weighted by Crippen LogP contribution is -2.25. The molecule has 1 atom stereocenters. The summed E-state index contributed by atoms with van der Waals surface area (Å²) in [5.74, 6) is 2.47. The van der Waals surface area contributed by atoms with Gasteiger partial charge >= 0.3 is 0 Å². The molecule has 3 N–H and O–H groups in total. The van der Waals surface area contributed by atoms with Crippen molar-refractivity contribution in [2.45, 2.75) is 18.9 Å². The summed E-state index contributed by atoms with van der Waals surface area (Å²) in [4.78, 5) is 0. The van der Waals surface area contributed by atoms with E-state index in [0.717, 1.165) is 40.8 Å². The Labute approximate surface area is 130 Å². The Hall–Kier alpha value is -2.20. The zero-order chi connectivity index (χ0) is 14.9. The number of rotatable bonds is 5. The molecule has 0 radical (unpaired) electrons. The molecular formula is C18H20N2O2. The number of fused-ring (bicyclic) bond motifs is 1. The van der Waals surface area contributed by atoms with E-state index in [1.165, 1.54) is 12.8 Å². The van der Waals surface area contributed by atoms with Crippen molar-refractivity contribution in [3.63, 3.8) is 0 Å². The van der Waals surface area contributed by atoms with E-state index >= 15 is 0 Å². The second kappa shape index (κ2) is 5.54. The molecule has 2 aromatic carbocycles. The number of nitrogens with one attached hydrogen (secondary N) is 1. The predicted molar refractivity (Wildman–Crippen MR) is 86.0 cm³/mol. The molecule has 114 valence electrons. The molecule has 4 nitrogen and oxygen atoms in total. The number of nitrogens with two attached hydrogens (primary N) is 1. The van der Waals surface area contributed by atoms with Gasteiger partial charge in [0, 0.05) is 11.3 Å². The number of hydrogen-bond donors (Lipinski definition) is 2. The van der Waals surface area contributed by atoms with Crippen LogP contribution in [0.2, 0.25) is 0 Å². The second-order valence-electron chi connectivity index (χ2n) is 6.04. The molecular weight excluding hydrogens is 276 g/mol. The van der Waals surface area contributed by atoms with Gasteiger partial charge in [-0.25, -0.2) is 0 Å². The Morgan fingerprint density at radius 3 is 2.82 bits per heavy atom. The average Bonchev–Trinajstić information content (AvgIpc) is 3.22. The molecule has 1 unspecified atom stereocenters. The fourth-order valence-corrected chi connectivity index (χ4v) is 2.93. The minimum Gasteiger partial charge on any atom is -0.454 e. The van der Waals surface area contributed by atoms with Crippen LogP contribution in [-0.2, 0) is 0 Å². The lowest BCUT2D eigenvalue weighted by atomic mass is 9.97. The SMILES string of the molecule is Nc1cccc(C(NCC2CC2)c2cccc3c2OCO3)c1. The fourth-order valence-electron chi connectivity index (χ4n) is 2.93. The number of para-hydroxylation sites is 1. The Balaban J connectivity index is 1.71. The third-order valence-corrected chi connectivity index (χ3v) is 4.29. The van der Waals surface area contributed by atoms with E-state index in [9.17, 15) is 0 Å². The zero-order valence-corrected chi connectivity index (χ0v) is 12.4. The van der Waals surface area contributed by atoms with Gasteiger partial charge in [0.15, 0.2) is 11.5 Å². The van der Waals surface area contributed by atoms with Crippen molar-refractivity contribution in [2.75, 3.05) is 19.1 Å². The average molecular weight is 296 g/mol. The molecule has 1 fully saturated rings. The van der Waals surface area contributed by atoms with E-state index in [1.54, 1.807) is 0 Å². The van der Waals surface area contributed by atoms with Gasteiger partial charge in [0.25, 0.3) is 0 Å². The molecule has 2 aromatic rings. The van der Waals surface area contributed by atoms with Gasteiger partial charge in [0.05, 0.1) is 6.04 Å². The lowest BCUT2D eigenvalue weighted by Gasteiger charge is -2.21. The van der Waals surface area contributed by atoms with E-state index in [1.807, 2.05) is 30.3 Å². The van der Waals surface area contributed by atoms with E-state index in [0.29, 0.717) is 6.79 Å². The predicted octanol–water partition coefficient (Wildman–Crippen LogP) is 3.09. The molecule has 2 aliphatic rings. The van der Waals surface area contributed by atoms with Crippen LogP contribution in [0, 0.1) is 5.92 Å². The first-order chi connectivity index (χ1) is 10.8. The summed E-state index contributed by atoms with van der Waals surface area (Å²) in [5.41, 5.74) is 9.02. The molecule has 1 aliphatic heterocycles. The molecule has 4 rings (SSSR count). The molecule has 0 saturated heterocycles. The Morgan fingerprint density at radius 2 is 2.00 bits per heavy atom. The maximum Gasteiger partial charge on any atom is 0.231 e. The Bertz CT molecular complexity index is 683. The minimum atomic E-state index is 0.0701. The van der Waals surface area contributed by atoms with Gasteiger partial charge in [0.1, 0.15) is 0 Å².